The van der Waals surface area contributed by atoms with Gasteiger partial charge in [-0.2, -0.15) is 0 Å². The highest BCUT2D eigenvalue weighted by molar-refractivity contribution is 5.68. The summed E-state index contributed by atoms with van der Waals surface area (Å²) >= 11 is 0. The number of hydrogen-bond donors (Lipinski definition) is 3. The van der Waals surface area contributed by atoms with E-state index in [1.807, 2.05) is 0 Å². The van der Waals surface area contributed by atoms with Gasteiger partial charge in [-0.3, -0.25) is 4.79 Å². The fourth-order valence-electron chi connectivity index (χ4n) is 1.50. The second kappa shape index (κ2) is 6.98. The Morgan fingerprint density at radius 2 is 2.18 bits per heavy atom. The van der Waals surface area contributed by atoms with Gasteiger partial charge >= 0.3 is 5.97 Å². The number of carbonyl (C=O) groups is 1. The maximum absolute atomic E-state index is 10.6. The van der Waals surface area contributed by atoms with Crippen LogP contribution in [0.2, 0.25) is 0 Å². The van der Waals surface area contributed by atoms with Crippen LogP contribution in [0.25, 0.3) is 0 Å². The van der Waals surface area contributed by atoms with Crippen LogP contribution in [-0.2, 0) is 4.79 Å². The van der Waals surface area contributed by atoms with Crippen molar-refractivity contribution in [2.24, 2.45) is 5.73 Å². The number of nitrogens with two attached hydrogens (primary N) is 1. The van der Waals surface area contributed by atoms with Crippen LogP contribution in [0.5, 0.6) is 11.5 Å². The van der Waals surface area contributed by atoms with Gasteiger partial charge < -0.3 is 33.1 Å². The highest BCUT2D eigenvalue weighted by Crippen LogP contribution is 2.30. The molecule has 1 rings (SSSR count). The number of halogens is 1. The molecule has 0 amide bonds. The Bertz CT molecular complexity index is 384. The Labute approximate surface area is 106 Å². The third kappa shape index (κ3) is 4.13. The molecule has 0 saturated carbocycles. The Hall–Kier alpha value is -1.46. The predicted octanol–water partition coefficient (Wildman–Crippen LogP) is -2.08. The second-order valence-corrected chi connectivity index (χ2v) is 3.46. The number of benzene rings is 1. The van der Waals surface area contributed by atoms with E-state index in [2.05, 4.69) is 0 Å². The summed E-state index contributed by atoms with van der Waals surface area (Å²) in [5.41, 5.74) is 6.27. The summed E-state index contributed by atoms with van der Waals surface area (Å²) < 4.78 is 4.95. The number of aromatic hydroxyl groups is 1. The molecule has 0 aromatic heterocycles. The minimum atomic E-state index is -0.900. The third-order valence-corrected chi connectivity index (χ3v) is 2.38. The molecule has 5 nitrogen and oxygen atoms in total. The van der Waals surface area contributed by atoms with Crippen molar-refractivity contribution in [1.29, 1.82) is 0 Å². The van der Waals surface area contributed by atoms with Crippen LogP contribution in [0.3, 0.4) is 0 Å². The van der Waals surface area contributed by atoms with Crippen molar-refractivity contribution in [2.45, 2.75) is 12.3 Å². The molecule has 1 aromatic carbocycles. The number of aliphatic carboxylic acids is 1. The summed E-state index contributed by atoms with van der Waals surface area (Å²) in [5, 5.41) is 18.1. The number of carboxylic acid groups (broad SMARTS) is 1. The van der Waals surface area contributed by atoms with Gasteiger partial charge in [-0.05, 0) is 24.2 Å². The topological polar surface area (TPSA) is 92.8 Å². The molecule has 1 aromatic rings. The van der Waals surface area contributed by atoms with Crippen molar-refractivity contribution >= 4 is 5.97 Å². The first-order chi connectivity index (χ1) is 7.58. The van der Waals surface area contributed by atoms with E-state index < -0.39 is 5.97 Å². The van der Waals surface area contributed by atoms with Gasteiger partial charge in [-0.15, -0.1) is 0 Å². The molecular weight excluding hydrogens is 246 g/mol. The molecule has 1 unspecified atom stereocenters. The van der Waals surface area contributed by atoms with E-state index in [1.165, 1.54) is 13.2 Å². The lowest BCUT2D eigenvalue weighted by atomic mass is 9.95. The number of methoxy groups -OCH3 is 1. The average Bonchev–Trinajstić information content (AvgIpc) is 2.26. The van der Waals surface area contributed by atoms with Gasteiger partial charge in [0.05, 0.1) is 13.5 Å². The molecule has 0 aliphatic carbocycles. The zero-order chi connectivity index (χ0) is 12.1. The molecule has 0 heterocycles. The summed E-state index contributed by atoms with van der Waals surface area (Å²) in [6.07, 6.45) is -0.0373. The van der Waals surface area contributed by atoms with Gasteiger partial charge in [-0.25, -0.2) is 0 Å². The first-order valence-corrected chi connectivity index (χ1v) is 4.87. The highest BCUT2D eigenvalue weighted by atomic mass is 35.5. The first-order valence-electron chi connectivity index (χ1n) is 4.87. The van der Waals surface area contributed by atoms with Crippen molar-refractivity contribution in [1.82, 2.24) is 0 Å². The number of phenolic OH excluding ortho intramolecular Hbond substituents is 1. The van der Waals surface area contributed by atoms with Crippen molar-refractivity contribution in [3.63, 3.8) is 0 Å². The van der Waals surface area contributed by atoms with E-state index in [0.29, 0.717) is 5.75 Å². The molecule has 1 atom stereocenters. The first kappa shape index (κ1) is 15.5. The average molecular weight is 261 g/mol. The lowest BCUT2D eigenvalue weighted by Gasteiger charge is -2.14. The largest absolute Gasteiger partial charge is 1.00 e. The van der Waals surface area contributed by atoms with E-state index in [9.17, 15) is 9.90 Å². The number of carboxylic acids is 1. The van der Waals surface area contributed by atoms with Gasteiger partial charge in [0.1, 0.15) is 0 Å². The van der Waals surface area contributed by atoms with Gasteiger partial charge in [0.25, 0.3) is 0 Å². The van der Waals surface area contributed by atoms with Crippen LogP contribution in [0.4, 0.5) is 0 Å². The molecular formula is C11H15ClNO4-. The van der Waals surface area contributed by atoms with Crippen LogP contribution in [0, 0.1) is 0 Å². The van der Waals surface area contributed by atoms with E-state index >= 15 is 0 Å². The molecule has 0 bridgehead atoms. The van der Waals surface area contributed by atoms with E-state index in [0.717, 1.165) is 5.56 Å². The standard InChI is InChI=1S/C11H15NO4.ClH/c1-16-10-4-7(2-3-9(10)13)8(6-12)5-11(14)15;/h2-4,8,13H,5-6,12H2,1H3,(H,14,15);1H/p-1. The van der Waals surface area contributed by atoms with Crippen molar-refractivity contribution in [3.8, 4) is 11.5 Å². The summed E-state index contributed by atoms with van der Waals surface area (Å²) in [6, 6.07) is 4.73. The normalized spacial score (nSPS) is 11.4. The molecule has 6 heteroatoms. The minimum Gasteiger partial charge on any atom is -1.00 e. The fourth-order valence-corrected chi connectivity index (χ4v) is 1.50. The third-order valence-electron chi connectivity index (χ3n) is 2.38. The quantitative estimate of drug-likeness (QED) is 0.565. The molecule has 0 saturated heterocycles. The number of ether oxygens (including phenoxy) is 1. The zero-order valence-corrected chi connectivity index (χ0v) is 10.1. The van der Waals surface area contributed by atoms with Crippen LogP contribution >= 0.6 is 0 Å². The Morgan fingerprint density at radius 1 is 1.53 bits per heavy atom. The Balaban J connectivity index is 0.00000256. The second-order valence-electron chi connectivity index (χ2n) is 3.46. The molecule has 96 valence electrons. The van der Waals surface area contributed by atoms with Crippen LogP contribution < -0.4 is 22.9 Å². The summed E-state index contributed by atoms with van der Waals surface area (Å²) in [6.45, 7) is 0.236. The van der Waals surface area contributed by atoms with Gasteiger partial charge in [0.2, 0.25) is 0 Å². The summed E-state index contributed by atoms with van der Waals surface area (Å²) in [4.78, 5) is 10.6. The number of phenols is 1. The lowest BCUT2D eigenvalue weighted by Crippen LogP contribution is -3.00. The minimum absolute atomic E-state index is 0. The Kier molecular flexibility index (Phi) is 6.38. The fraction of sp³-hybridized carbons (Fsp3) is 0.364. The monoisotopic (exact) mass is 260 g/mol. The van der Waals surface area contributed by atoms with Crippen molar-refractivity contribution in [3.05, 3.63) is 23.8 Å². The molecule has 4 N–H and O–H groups in total. The molecule has 0 aliphatic heterocycles. The molecule has 0 spiro atoms. The lowest BCUT2D eigenvalue weighted by molar-refractivity contribution is -0.137. The van der Waals surface area contributed by atoms with E-state index in [1.54, 1.807) is 12.1 Å². The van der Waals surface area contributed by atoms with E-state index in [-0.39, 0.29) is 37.0 Å². The maximum atomic E-state index is 10.6. The van der Waals surface area contributed by atoms with Crippen molar-refractivity contribution in [2.75, 3.05) is 13.7 Å². The SMILES string of the molecule is COc1cc(C(CN)CC(=O)O)ccc1O.[Cl-]. The predicted molar refractivity (Wildman–Crippen MR) is 58.7 cm³/mol. The van der Waals surface area contributed by atoms with Gasteiger partial charge in [0.15, 0.2) is 11.5 Å². The molecule has 0 fully saturated rings. The van der Waals surface area contributed by atoms with Gasteiger partial charge in [-0.1, -0.05) is 6.07 Å². The molecule has 0 radical (unpaired) electrons. The molecule has 0 aliphatic rings. The number of hydrogen-bond acceptors (Lipinski definition) is 4. The smallest absolute Gasteiger partial charge is 0.304 e. The Morgan fingerprint density at radius 3 is 2.65 bits per heavy atom. The zero-order valence-electron chi connectivity index (χ0n) is 9.39. The van der Waals surface area contributed by atoms with Crippen LogP contribution in [-0.4, -0.2) is 29.8 Å². The van der Waals surface area contributed by atoms with Crippen LogP contribution in [0.1, 0.15) is 17.9 Å². The van der Waals surface area contributed by atoms with E-state index in [4.69, 9.17) is 15.6 Å². The highest BCUT2D eigenvalue weighted by Gasteiger charge is 2.15. The maximum Gasteiger partial charge on any atom is 0.304 e. The summed E-state index contributed by atoms with van der Waals surface area (Å²) in [5.74, 6) is -0.826. The van der Waals surface area contributed by atoms with Crippen molar-refractivity contribution < 1.29 is 32.2 Å². The van der Waals surface area contributed by atoms with Crippen LogP contribution in [0.15, 0.2) is 18.2 Å². The van der Waals surface area contributed by atoms with Gasteiger partial charge in [0, 0.05) is 5.92 Å². The molecule has 17 heavy (non-hydrogen) atoms. The summed E-state index contributed by atoms with van der Waals surface area (Å²) in [7, 11) is 1.44. The number of rotatable bonds is 5.